The topological polar surface area (TPSA) is 99.1 Å². The lowest BCUT2D eigenvalue weighted by atomic mass is 9.80. The summed E-state index contributed by atoms with van der Waals surface area (Å²) in [6, 6.07) is 10.6. The quantitative estimate of drug-likeness (QED) is 0.625. The molecule has 2 aliphatic heterocycles. The summed E-state index contributed by atoms with van der Waals surface area (Å²) in [6.07, 6.45) is 5.85. The summed E-state index contributed by atoms with van der Waals surface area (Å²) in [5.41, 5.74) is 15.2. The monoisotopic (exact) mass is 368 g/mol. The van der Waals surface area contributed by atoms with Gasteiger partial charge in [-0.2, -0.15) is 0 Å². The Kier molecular flexibility index (Phi) is 5.52. The molecule has 2 aliphatic rings. The lowest BCUT2D eigenvalue weighted by Gasteiger charge is -2.37. The van der Waals surface area contributed by atoms with Gasteiger partial charge < -0.3 is 15.6 Å². The minimum atomic E-state index is -0.509. The highest BCUT2D eigenvalue weighted by molar-refractivity contribution is 5.82. The van der Waals surface area contributed by atoms with E-state index in [2.05, 4.69) is 51.2 Å². The second-order valence-electron chi connectivity index (χ2n) is 7.62. The number of carbonyl (C=O) groups excluding carboxylic acids is 1. The van der Waals surface area contributed by atoms with Gasteiger partial charge in [-0.1, -0.05) is 30.3 Å². The number of nitrogens with one attached hydrogen (secondary N) is 3. The predicted molar refractivity (Wildman–Crippen MR) is 104 cm³/mol. The number of rotatable bonds is 5. The van der Waals surface area contributed by atoms with Crippen LogP contribution in [0.2, 0.25) is 0 Å². The number of aromatic amines is 1. The number of nitrogens with two attached hydrogens (primary N) is 1. The summed E-state index contributed by atoms with van der Waals surface area (Å²) in [5.74, 6) is 1.07. The van der Waals surface area contributed by atoms with Gasteiger partial charge in [0.1, 0.15) is 0 Å². The standard InChI is InChI=1S/C20H28N6O/c21-18(10-16-11-22-13-23-16)20(27)26-8-6-15(7-9-26)19-17(12-24-25-19)14-4-2-1-3-5-14/h1-5,11,13,15,17-19,24-25H,6-10,12,21H2,(H,22,23)/t17?,18-,19?/m0/s1. The molecule has 7 heteroatoms. The van der Waals surface area contributed by atoms with Crippen LogP contribution in [0.15, 0.2) is 42.9 Å². The summed E-state index contributed by atoms with van der Waals surface area (Å²) in [4.78, 5) is 21.6. The van der Waals surface area contributed by atoms with Gasteiger partial charge in [0.05, 0.1) is 12.4 Å². The molecule has 0 bridgehead atoms. The summed E-state index contributed by atoms with van der Waals surface area (Å²) in [6.45, 7) is 2.50. The molecule has 144 valence electrons. The maximum absolute atomic E-state index is 12.7. The molecule has 2 unspecified atom stereocenters. The van der Waals surface area contributed by atoms with Crippen molar-refractivity contribution < 1.29 is 4.79 Å². The van der Waals surface area contributed by atoms with Crippen LogP contribution in [-0.4, -0.2) is 52.5 Å². The summed E-state index contributed by atoms with van der Waals surface area (Å²) < 4.78 is 0. The zero-order valence-corrected chi connectivity index (χ0v) is 15.5. The number of piperidine rings is 1. The molecule has 2 aromatic rings. The summed E-state index contributed by atoms with van der Waals surface area (Å²) in [7, 11) is 0. The van der Waals surface area contributed by atoms with Gasteiger partial charge >= 0.3 is 0 Å². The average Bonchev–Trinajstić information content (AvgIpc) is 3.40. The molecule has 0 spiro atoms. The summed E-state index contributed by atoms with van der Waals surface area (Å²) >= 11 is 0. The number of carbonyl (C=O) groups is 1. The van der Waals surface area contributed by atoms with Crippen LogP contribution in [0.1, 0.15) is 30.0 Å². The second kappa shape index (κ2) is 8.21. The lowest BCUT2D eigenvalue weighted by molar-refractivity contribution is -0.134. The van der Waals surface area contributed by atoms with E-state index in [-0.39, 0.29) is 5.91 Å². The number of likely N-dealkylation sites (tertiary alicyclic amines) is 1. The average molecular weight is 368 g/mol. The zero-order valence-electron chi connectivity index (χ0n) is 15.5. The minimum Gasteiger partial charge on any atom is -0.348 e. The van der Waals surface area contributed by atoms with Crippen LogP contribution in [0, 0.1) is 5.92 Å². The third-order valence-corrected chi connectivity index (χ3v) is 5.92. The van der Waals surface area contributed by atoms with E-state index in [0.717, 1.165) is 38.2 Å². The van der Waals surface area contributed by atoms with Crippen molar-refractivity contribution in [2.24, 2.45) is 11.7 Å². The van der Waals surface area contributed by atoms with Crippen molar-refractivity contribution >= 4 is 5.91 Å². The molecule has 1 aromatic carbocycles. The van der Waals surface area contributed by atoms with Crippen molar-refractivity contribution in [3.63, 3.8) is 0 Å². The molecule has 1 amide bonds. The van der Waals surface area contributed by atoms with Crippen molar-refractivity contribution in [3.05, 3.63) is 54.1 Å². The smallest absolute Gasteiger partial charge is 0.239 e. The van der Waals surface area contributed by atoms with Crippen LogP contribution in [-0.2, 0) is 11.2 Å². The van der Waals surface area contributed by atoms with Gasteiger partial charge in [-0.3, -0.25) is 15.6 Å². The molecule has 1 aromatic heterocycles. The Bertz CT molecular complexity index is 726. The maximum atomic E-state index is 12.7. The van der Waals surface area contributed by atoms with Crippen LogP contribution in [0.5, 0.6) is 0 Å². The fourth-order valence-corrected chi connectivity index (χ4v) is 4.42. The molecule has 2 saturated heterocycles. The Balaban J connectivity index is 1.32. The van der Waals surface area contributed by atoms with Gasteiger partial charge in [0.15, 0.2) is 0 Å². The number of hydrogen-bond donors (Lipinski definition) is 4. The SMILES string of the molecule is N[C@@H](Cc1cnc[nH]1)C(=O)N1CCC(C2NNCC2c2ccccc2)CC1. The highest BCUT2D eigenvalue weighted by Crippen LogP contribution is 2.32. The largest absolute Gasteiger partial charge is 0.348 e. The molecule has 0 radical (unpaired) electrons. The van der Waals surface area contributed by atoms with Crippen LogP contribution in [0.25, 0.3) is 0 Å². The van der Waals surface area contributed by atoms with Crippen LogP contribution in [0.4, 0.5) is 0 Å². The normalized spacial score (nSPS) is 24.9. The fourth-order valence-electron chi connectivity index (χ4n) is 4.42. The van der Waals surface area contributed by atoms with Crippen LogP contribution in [0.3, 0.4) is 0 Å². The molecule has 3 atom stereocenters. The number of benzene rings is 1. The molecule has 2 fully saturated rings. The Morgan fingerprint density at radius 2 is 2.04 bits per heavy atom. The van der Waals surface area contributed by atoms with E-state index in [0.29, 0.717) is 24.3 Å². The zero-order chi connectivity index (χ0) is 18.6. The highest BCUT2D eigenvalue weighted by atomic mass is 16.2. The van der Waals surface area contributed by atoms with Crippen molar-refractivity contribution in [1.29, 1.82) is 0 Å². The Morgan fingerprint density at radius 1 is 1.26 bits per heavy atom. The van der Waals surface area contributed by atoms with Crippen molar-refractivity contribution in [2.75, 3.05) is 19.6 Å². The molecule has 7 nitrogen and oxygen atoms in total. The number of hydrogen-bond acceptors (Lipinski definition) is 5. The molecule has 0 saturated carbocycles. The Morgan fingerprint density at radius 3 is 2.74 bits per heavy atom. The molecule has 4 rings (SSSR count). The Hall–Kier alpha value is -2.22. The van der Waals surface area contributed by atoms with E-state index >= 15 is 0 Å². The van der Waals surface area contributed by atoms with Crippen molar-refractivity contribution in [1.82, 2.24) is 25.7 Å². The summed E-state index contributed by atoms with van der Waals surface area (Å²) in [5, 5.41) is 0. The van der Waals surface area contributed by atoms with E-state index in [1.165, 1.54) is 5.56 Å². The van der Waals surface area contributed by atoms with E-state index in [9.17, 15) is 4.79 Å². The fraction of sp³-hybridized carbons (Fsp3) is 0.500. The first-order valence-electron chi connectivity index (χ1n) is 9.77. The molecule has 3 heterocycles. The first-order chi connectivity index (χ1) is 13.2. The number of amides is 1. The van der Waals surface area contributed by atoms with Gasteiger partial charge in [-0.15, -0.1) is 0 Å². The van der Waals surface area contributed by atoms with Crippen molar-refractivity contribution in [3.8, 4) is 0 Å². The lowest BCUT2D eigenvalue weighted by Crippen LogP contribution is -2.50. The first-order valence-corrected chi connectivity index (χ1v) is 9.77. The van der Waals surface area contributed by atoms with Gasteiger partial charge in [0, 0.05) is 49.9 Å². The number of aromatic nitrogens is 2. The molecule has 5 N–H and O–H groups in total. The number of nitrogens with zero attached hydrogens (tertiary/aromatic N) is 2. The Labute approximate surface area is 159 Å². The van der Waals surface area contributed by atoms with E-state index in [1.807, 2.05) is 4.90 Å². The molecular weight excluding hydrogens is 340 g/mol. The van der Waals surface area contributed by atoms with Gasteiger partial charge in [-0.25, -0.2) is 4.98 Å². The molecule has 0 aliphatic carbocycles. The van der Waals surface area contributed by atoms with Gasteiger partial charge in [0.25, 0.3) is 0 Å². The highest BCUT2D eigenvalue weighted by Gasteiger charge is 2.37. The number of H-pyrrole nitrogens is 1. The predicted octanol–water partition coefficient (Wildman–Crippen LogP) is 0.778. The molecule has 27 heavy (non-hydrogen) atoms. The molecular formula is C20H28N6O. The minimum absolute atomic E-state index is 0.0418. The first kappa shape index (κ1) is 18.2. The number of imidazole rings is 1. The van der Waals surface area contributed by atoms with E-state index < -0.39 is 6.04 Å². The van der Waals surface area contributed by atoms with E-state index in [1.54, 1.807) is 12.5 Å². The third-order valence-electron chi connectivity index (χ3n) is 5.92. The van der Waals surface area contributed by atoms with Crippen LogP contribution < -0.4 is 16.6 Å². The maximum Gasteiger partial charge on any atom is 0.239 e. The third kappa shape index (κ3) is 4.05. The van der Waals surface area contributed by atoms with Gasteiger partial charge in [-0.05, 0) is 24.3 Å². The van der Waals surface area contributed by atoms with Crippen molar-refractivity contribution in [2.45, 2.75) is 37.3 Å². The van der Waals surface area contributed by atoms with E-state index in [4.69, 9.17) is 5.73 Å². The second-order valence-corrected chi connectivity index (χ2v) is 7.62. The van der Waals surface area contributed by atoms with Gasteiger partial charge in [0.2, 0.25) is 5.91 Å². The number of hydrazine groups is 1. The van der Waals surface area contributed by atoms with Crippen LogP contribution >= 0.6 is 0 Å².